The summed E-state index contributed by atoms with van der Waals surface area (Å²) in [5.41, 5.74) is 3.68. The molecule has 0 saturated carbocycles. The molecule has 0 radical (unpaired) electrons. The van der Waals surface area contributed by atoms with Gasteiger partial charge in [0.1, 0.15) is 11.4 Å². The van der Waals surface area contributed by atoms with Crippen LogP contribution in [0.1, 0.15) is 53.4 Å². The number of thiophene rings is 2. The number of unbranched alkanes of at least 4 members (excludes halogenated alkanes) is 3. The molecule has 0 atom stereocenters. The van der Waals surface area contributed by atoms with Crippen LogP contribution in [0, 0.1) is 0 Å². The fourth-order valence-corrected chi connectivity index (χ4v) is 6.01. The van der Waals surface area contributed by atoms with Gasteiger partial charge in [-0.15, -0.1) is 22.7 Å². The molecule has 5 rings (SSSR count). The highest BCUT2D eigenvalue weighted by Crippen LogP contribution is 2.40. The van der Waals surface area contributed by atoms with Crippen molar-refractivity contribution < 1.29 is 4.79 Å². The maximum atomic E-state index is 12.8. The molecular weight excluding hydrogens is 408 g/mol. The van der Waals surface area contributed by atoms with E-state index in [1.54, 1.807) is 23.6 Å². The molecule has 0 amide bonds. The molecule has 5 heteroatoms. The van der Waals surface area contributed by atoms with Gasteiger partial charge in [0.15, 0.2) is 5.78 Å². The van der Waals surface area contributed by atoms with Gasteiger partial charge < -0.3 is 0 Å². The van der Waals surface area contributed by atoms with Crippen molar-refractivity contribution in [1.29, 1.82) is 0 Å². The molecule has 0 spiro atoms. The van der Waals surface area contributed by atoms with Gasteiger partial charge in [-0.1, -0.05) is 26.2 Å². The zero-order valence-electron chi connectivity index (χ0n) is 16.9. The van der Waals surface area contributed by atoms with Gasteiger partial charge in [-0.05, 0) is 55.3 Å². The second-order valence-electron chi connectivity index (χ2n) is 7.59. The van der Waals surface area contributed by atoms with Crippen LogP contribution in [0.25, 0.3) is 31.6 Å². The number of nitrogens with zero attached hydrogens (tertiary/aromatic N) is 2. The number of hydrogen-bond acceptors (Lipinski definition) is 5. The number of carbonyl (C=O) groups excluding carboxylic acids is 1. The lowest BCUT2D eigenvalue weighted by Crippen LogP contribution is -1.95. The van der Waals surface area contributed by atoms with Gasteiger partial charge in [-0.25, -0.2) is 0 Å². The van der Waals surface area contributed by atoms with Gasteiger partial charge in [0.2, 0.25) is 0 Å². The molecular formula is C25H22N2OS2. The van der Waals surface area contributed by atoms with E-state index in [0.29, 0.717) is 22.5 Å². The van der Waals surface area contributed by atoms with Crippen LogP contribution < -0.4 is 0 Å². The number of carbonyl (C=O) groups is 1. The zero-order chi connectivity index (χ0) is 20.5. The summed E-state index contributed by atoms with van der Waals surface area (Å²) >= 11 is 3.66. The minimum atomic E-state index is 0.0187. The van der Waals surface area contributed by atoms with Crippen molar-refractivity contribution >= 4 is 28.5 Å². The first-order chi connectivity index (χ1) is 14.7. The zero-order valence-corrected chi connectivity index (χ0v) is 18.5. The number of fused-ring (bicyclic) bond motifs is 3. The van der Waals surface area contributed by atoms with Crippen LogP contribution in [0.4, 0.5) is 0 Å². The van der Waals surface area contributed by atoms with Crippen LogP contribution in [0.15, 0.2) is 54.9 Å². The topological polar surface area (TPSA) is 42.9 Å². The average Bonchev–Trinajstić information content (AvgIpc) is 3.50. The van der Waals surface area contributed by atoms with E-state index < -0.39 is 0 Å². The van der Waals surface area contributed by atoms with Gasteiger partial charge in [-0.2, -0.15) is 0 Å². The van der Waals surface area contributed by atoms with Gasteiger partial charge in [-0.3, -0.25) is 14.8 Å². The molecule has 0 aromatic carbocycles. The normalized spacial score (nSPS) is 12.2. The summed E-state index contributed by atoms with van der Waals surface area (Å²) in [6, 6.07) is 14.4. The summed E-state index contributed by atoms with van der Waals surface area (Å²) in [6.45, 7) is 2.25. The Labute approximate surface area is 184 Å². The van der Waals surface area contributed by atoms with Crippen LogP contribution in [0.2, 0.25) is 0 Å². The van der Waals surface area contributed by atoms with Crippen molar-refractivity contribution in [2.45, 2.75) is 39.0 Å². The molecule has 1 aliphatic carbocycles. The van der Waals surface area contributed by atoms with Crippen molar-refractivity contribution in [3.8, 4) is 31.6 Å². The highest BCUT2D eigenvalue weighted by Gasteiger charge is 2.29. The number of hydrogen-bond donors (Lipinski definition) is 0. The highest BCUT2D eigenvalue weighted by atomic mass is 32.1. The molecule has 4 aromatic heterocycles. The molecule has 150 valence electrons. The lowest BCUT2D eigenvalue weighted by molar-refractivity contribution is 0.104. The summed E-state index contributed by atoms with van der Waals surface area (Å²) in [4.78, 5) is 26.9. The first-order valence-corrected chi connectivity index (χ1v) is 12.1. The van der Waals surface area contributed by atoms with Crippen molar-refractivity contribution in [2.75, 3.05) is 0 Å². The van der Waals surface area contributed by atoms with Crippen LogP contribution in [0.3, 0.4) is 0 Å². The maximum absolute atomic E-state index is 12.8. The predicted octanol–water partition coefficient (Wildman–Crippen LogP) is 7.27. The van der Waals surface area contributed by atoms with Gasteiger partial charge in [0.25, 0.3) is 0 Å². The molecule has 3 nitrogen and oxygen atoms in total. The van der Waals surface area contributed by atoms with Crippen molar-refractivity contribution in [3.05, 3.63) is 70.9 Å². The van der Waals surface area contributed by atoms with E-state index in [9.17, 15) is 4.79 Å². The number of pyridine rings is 2. The molecule has 0 fully saturated rings. The largest absolute Gasteiger partial charge is 0.288 e. The molecule has 30 heavy (non-hydrogen) atoms. The third kappa shape index (κ3) is 3.53. The van der Waals surface area contributed by atoms with E-state index in [1.165, 1.54) is 46.7 Å². The summed E-state index contributed by atoms with van der Waals surface area (Å²) < 4.78 is 0. The maximum Gasteiger partial charge on any atom is 0.197 e. The predicted molar refractivity (Wildman–Crippen MR) is 125 cm³/mol. The molecule has 0 unspecified atom stereocenters. The first kappa shape index (κ1) is 19.3. The van der Waals surface area contributed by atoms with Crippen LogP contribution in [-0.4, -0.2) is 15.8 Å². The summed E-state index contributed by atoms with van der Waals surface area (Å²) in [5.74, 6) is 0.0187. The highest BCUT2D eigenvalue weighted by molar-refractivity contribution is 7.23. The Morgan fingerprint density at radius 2 is 1.63 bits per heavy atom. The number of aromatic nitrogens is 2. The molecule has 0 aliphatic heterocycles. The quantitative estimate of drug-likeness (QED) is 0.255. The van der Waals surface area contributed by atoms with Gasteiger partial charge in [0.05, 0.1) is 11.1 Å². The summed E-state index contributed by atoms with van der Waals surface area (Å²) in [5, 5.41) is 0. The Bertz CT molecular complexity index is 1220. The minimum absolute atomic E-state index is 0.0187. The van der Waals surface area contributed by atoms with E-state index in [1.807, 2.05) is 29.7 Å². The van der Waals surface area contributed by atoms with Crippen molar-refractivity contribution in [3.63, 3.8) is 0 Å². The van der Waals surface area contributed by atoms with E-state index in [-0.39, 0.29) is 5.78 Å². The Morgan fingerprint density at radius 3 is 2.53 bits per heavy atom. The lowest BCUT2D eigenvalue weighted by Gasteiger charge is -2.01. The molecule has 1 aliphatic rings. The third-order valence-electron chi connectivity index (χ3n) is 5.48. The smallest absolute Gasteiger partial charge is 0.197 e. The Kier molecular flexibility index (Phi) is 5.32. The SMILES string of the molecule is CCCCCCc1ccc(-c2ccc(-c3cnc4c(c3)C(=O)c3cccnc3-4)s2)s1. The number of aryl methyl sites for hydroxylation is 1. The second-order valence-corrected chi connectivity index (χ2v) is 9.84. The Morgan fingerprint density at radius 1 is 0.833 bits per heavy atom. The van der Waals surface area contributed by atoms with Crippen LogP contribution >= 0.6 is 22.7 Å². The first-order valence-electron chi connectivity index (χ1n) is 10.4. The molecule has 0 N–H and O–H groups in total. The minimum Gasteiger partial charge on any atom is -0.288 e. The van der Waals surface area contributed by atoms with E-state index >= 15 is 0 Å². The van der Waals surface area contributed by atoms with Crippen LogP contribution in [-0.2, 0) is 6.42 Å². The van der Waals surface area contributed by atoms with Gasteiger partial charge in [0, 0.05) is 37.5 Å². The standard InChI is InChI=1S/C25H22N2OS2/c1-2-3-4-5-7-17-9-10-21(29-17)22-12-11-20(30-22)16-14-19-24(27-15-16)23-18(25(19)28)8-6-13-26-23/h6,8-15H,2-5,7H2,1H3. The third-order valence-corrected chi connectivity index (χ3v) is 7.96. The van der Waals surface area contributed by atoms with Crippen molar-refractivity contribution in [1.82, 2.24) is 9.97 Å². The molecule has 4 heterocycles. The fourth-order valence-electron chi connectivity index (χ4n) is 3.88. The Hall–Kier alpha value is -2.63. The number of ketones is 1. The summed E-state index contributed by atoms with van der Waals surface area (Å²) in [6.07, 6.45) is 9.94. The molecule has 0 bridgehead atoms. The second kappa shape index (κ2) is 8.25. The Balaban J connectivity index is 1.37. The van der Waals surface area contributed by atoms with Crippen molar-refractivity contribution in [2.24, 2.45) is 0 Å². The molecule has 0 saturated heterocycles. The average molecular weight is 431 g/mol. The monoisotopic (exact) mass is 430 g/mol. The summed E-state index contributed by atoms with van der Waals surface area (Å²) in [7, 11) is 0. The van der Waals surface area contributed by atoms with E-state index in [2.05, 4.69) is 41.2 Å². The van der Waals surface area contributed by atoms with E-state index in [4.69, 9.17) is 0 Å². The van der Waals surface area contributed by atoms with Gasteiger partial charge >= 0.3 is 0 Å². The number of rotatable bonds is 7. The van der Waals surface area contributed by atoms with Crippen LogP contribution in [0.5, 0.6) is 0 Å². The fraction of sp³-hybridized carbons (Fsp3) is 0.240. The molecule has 4 aromatic rings. The van der Waals surface area contributed by atoms with E-state index in [0.717, 1.165) is 10.4 Å². The lowest BCUT2D eigenvalue weighted by atomic mass is 10.1.